The summed E-state index contributed by atoms with van der Waals surface area (Å²) in [5.41, 5.74) is 0.967. The van der Waals surface area contributed by atoms with Crippen molar-refractivity contribution in [2.45, 2.75) is 6.92 Å². The van der Waals surface area contributed by atoms with E-state index in [1.165, 1.54) is 31.2 Å². The van der Waals surface area contributed by atoms with Crippen LogP contribution in [0, 0.1) is 5.82 Å². The number of hydrogen-bond donors (Lipinski definition) is 3. The molecule has 28 heavy (non-hydrogen) atoms. The van der Waals surface area contributed by atoms with E-state index in [4.69, 9.17) is 0 Å². The Balaban J connectivity index is 1.92. The molecule has 2 aromatic rings. The van der Waals surface area contributed by atoms with Crippen molar-refractivity contribution >= 4 is 44.6 Å². The lowest BCUT2D eigenvalue weighted by Crippen LogP contribution is -2.30. The van der Waals surface area contributed by atoms with Crippen LogP contribution in [0.1, 0.15) is 6.92 Å². The van der Waals surface area contributed by atoms with Crippen LogP contribution in [0.5, 0.6) is 0 Å². The number of rotatable bonds is 7. The molecule has 2 rings (SSSR count). The quantitative estimate of drug-likeness (QED) is 0.646. The van der Waals surface area contributed by atoms with Crippen LogP contribution < -0.4 is 16.0 Å². The van der Waals surface area contributed by atoms with E-state index in [-0.39, 0.29) is 11.6 Å². The maximum absolute atomic E-state index is 12.8. The largest absolute Gasteiger partial charge is 0.326 e. The van der Waals surface area contributed by atoms with Crippen LogP contribution in [-0.4, -0.2) is 37.6 Å². The van der Waals surface area contributed by atoms with Gasteiger partial charge in [0.1, 0.15) is 17.3 Å². The second-order valence-corrected chi connectivity index (χ2v) is 7.96. The van der Waals surface area contributed by atoms with Crippen molar-refractivity contribution in [2.75, 3.05) is 27.5 Å². The first-order valence-electron chi connectivity index (χ1n) is 8.06. The van der Waals surface area contributed by atoms with Gasteiger partial charge in [-0.3, -0.25) is 14.4 Å². The summed E-state index contributed by atoms with van der Waals surface area (Å²) in [6.45, 7) is 1.33. The molecule has 0 aliphatic heterocycles. The van der Waals surface area contributed by atoms with Gasteiger partial charge >= 0.3 is 0 Å². The zero-order valence-corrected chi connectivity index (χ0v) is 15.7. The molecule has 0 radical (unpaired) electrons. The molecule has 0 bridgehead atoms. The molecular formula is C18H18FN3O5S. The zero-order valence-electron chi connectivity index (χ0n) is 14.9. The fraction of sp³-hybridized carbons (Fsp3) is 0.167. The molecule has 0 unspecified atom stereocenters. The van der Waals surface area contributed by atoms with Gasteiger partial charge in [-0.2, -0.15) is 0 Å². The molecule has 0 aliphatic carbocycles. The van der Waals surface area contributed by atoms with Crippen LogP contribution in [0.2, 0.25) is 0 Å². The van der Waals surface area contributed by atoms with Gasteiger partial charge in [0.25, 0.3) is 0 Å². The van der Waals surface area contributed by atoms with Crippen molar-refractivity contribution in [3.63, 3.8) is 0 Å². The Hall–Kier alpha value is -3.27. The first kappa shape index (κ1) is 21.0. The third-order valence-electron chi connectivity index (χ3n) is 3.30. The Labute approximate surface area is 161 Å². The molecule has 0 spiro atoms. The van der Waals surface area contributed by atoms with E-state index in [2.05, 4.69) is 16.0 Å². The normalized spacial score (nSPS) is 10.8. The Bertz CT molecular complexity index is 991. The molecule has 3 amide bonds. The lowest BCUT2D eigenvalue weighted by molar-refractivity contribution is -0.115. The molecule has 148 valence electrons. The number of sulfone groups is 1. The average Bonchev–Trinajstić information content (AvgIpc) is 2.55. The van der Waals surface area contributed by atoms with Crippen molar-refractivity contribution < 1.29 is 27.2 Å². The molecule has 0 fully saturated rings. The molecule has 0 saturated heterocycles. The smallest absolute Gasteiger partial charge is 0.239 e. The average molecular weight is 407 g/mol. The lowest BCUT2D eigenvalue weighted by atomic mass is 10.2. The molecule has 3 N–H and O–H groups in total. The molecule has 0 aliphatic rings. The minimum Gasteiger partial charge on any atom is -0.326 e. The summed E-state index contributed by atoms with van der Waals surface area (Å²) in [5, 5.41) is 7.25. The van der Waals surface area contributed by atoms with Gasteiger partial charge in [-0.15, -0.1) is 0 Å². The first-order chi connectivity index (χ1) is 13.1. The second kappa shape index (κ2) is 9.09. The summed E-state index contributed by atoms with van der Waals surface area (Å²) < 4.78 is 37.0. The van der Waals surface area contributed by atoms with Crippen LogP contribution in [0.25, 0.3) is 0 Å². The molecule has 2 aromatic carbocycles. The first-order valence-corrected chi connectivity index (χ1v) is 9.88. The van der Waals surface area contributed by atoms with E-state index in [0.717, 1.165) is 12.1 Å². The molecular weight excluding hydrogens is 389 g/mol. The Morgan fingerprint density at radius 3 is 1.86 bits per heavy atom. The van der Waals surface area contributed by atoms with Gasteiger partial charge in [0.2, 0.25) is 17.7 Å². The lowest BCUT2D eigenvalue weighted by Gasteiger charge is -2.09. The minimum atomic E-state index is -4.03. The number of carbonyl (C=O) groups is 3. The number of halogens is 1. The number of anilines is 3. The van der Waals surface area contributed by atoms with Gasteiger partial charge in [0.15, 0.2) is 9.84 Å². The summed E-state index contributed by atoms with van der Waals surface area (Å²) >= 11 is 0. The summed E-state index contributed by atoms with van der Waals surface area (Å²) in [6, 6.07) is 11.0. The van der Waals surface area contributed by atoms with Crippen molar-refractivity contribution in [2.24, 2.45) is 0 Å². The van der Waals surface area contributed by atoms with E-state index >= 15 is 0 Å². The number of benzene rings is 2. The van der Waals surface area contributed by atoms with Crippen molar-refractivity contribution in [1.29, 1.82) is 0 Å². The van der Waals surface area contributed by atoms with E-state index in [9.17, 15) is 27.2 Å². The number of carbonyl (C=O) groups excluding carboxylic acids is 3. The summed E-state index contributed by atoms with van der Waals surface area (Å²) in [4.78, 5) is 34.9. The molecule has 0 atom stereocenters. The van der Waals surface area contributed by atoms with E-state index < -0.39 is 39.0 Å². The van der Waals surface area contributed by atoms with Crippen molar-refractivity contribution in [3.05, 3.63) is 54.3 Å². The van der Waals surface area contributed by atoms with Gasteiger partial charge in [-0.05, 0) is 42.5 Å². The van der Waals surface area contributed by atoms with Gasteiger partial charge in [0, 0.05) is 24.0 Å². The summed E-state index contributed by atoms with van der Waals surface area (Å²) in [5.74, 6) is -4.25. The molecule has 0 heterocycles. The van der Waals surface area contributed by atoms with E-state index in [1.807, 2.05) is 0 Å². The standard InChI is InChI=1S/C18H18FN3O5S/c1-12(23)20-15-3-2-4-16(9-15)22-18(25)11-28(26,27)10-17(24)21-14-7-5-13(19)6-8-14/h2-9H,10-11H2,1H3,(H,20,23)(H,21,24)(H,22,25). The van der Waals surface area contributed by atoms with Gasteiger partial charge < -0.3 is 16.0 Å². The Morgan fingerprint density at radius 2 is 1.32 bits per heavy atom. The molecule has 0 saturated carbocycles. The highest BCUT2D eigenvalue weighted by Crippen LogP contribution is 2.15. The molecule has 8 nitrogen and oxygen atoms in total. The SMILES string of the molecule is CC(=O)Nc1cccc(NC(=O)CS(=O)(=O)CC(=O)Nc2ccc(F)cc2)c1. The van der Waals surface area contributed by atoms with E-state index in [1.54, 1.807) is 12.1 Å². The number of hydrogen-bond acceptors (Lipinski definition) is 5. The highest BCUT2D eigenvalue weighted by Gasteiger charge is 2.21. The number of amides is 3. The van der Waals surface area contributed by atoms with E-state index in [0.29, 0.717) is 11.4 Å². The van der Waals surface area contributed by atoms with Crippen LogP contribution in [-0.2, 0) is 24.2 Å². The fourth-order valence-electron chi connectivity index (χ4n) is 2.26. The maximum atomic E-state index is 12.8. The van der Waals surface area contributed by atoms with Crippen LogP contribution in [0.3, 0.4) is 0 Å². The zero-order chi connectivity index (χ0) is 20.7. The highest BCUT2D eigenvalue weighted by atomic mass is 32.2. The Kier molecular flexibility index (Phi) is 6.83. The van der Waals surface area contributed by atoms with Crippen LogP contribution >= 0.6 is 0 Å². The monoisotopic (exact) mass is 407 g/mol. The third-order valence-corrected chi connectivity index (χ3v) is 4.70. The van der Waals surface area contributed by atoms with Crippen LogP contribution in [0.4, 0.5) is 21.5 Å². The predicted molar refractivity (Wildman–Crippen MR) is 103 cm³/mol. The third kappa shape index (κ3) is 7.16. The van der Waals surface area contributed by atoms with Crippen molar-refractivity contribution in [1.82, 2.24) is 0 Å². The number of nitrogens with one attached hydrogen (secondary N) is 3. The highest BCUT2D eigenvalue weighted by molar-refractivity contribution is 7.92. The van der Waals surface area contributed by atoms with Gasteiger partial charge in [-0.25, -0.2) is 12.8 Å². The summed E-state index contributed by atoms with van der Waals surface area (Å²) in [7, 11) is -4.03. The topological polar surface area (TPSA) is 121 Å². The predicted octanol–water partition coefficient (Wildman–Crippen LogP) is 1.78. The van der Waals surface area contributed by atoms with Gasteiger partial charge in [-0.1, -0.05) is 6.07 Å². The second-order valence-electron chi connectivity index (χ2n) is 5.90. The Morgan fingerprint density at radius 1 is 0.821 bits per heavy atom. The molecule has 10 heteroatoms. The minimum absolute atomic E-state index is 0.237. The summed E-state index contributed by atoms with van der Waals surface area (Å²) in [6.07, 6.45) is 0. The maximum Gasteiger partial charge on any atom is 0.239 e. The van der Waals surface area contributed by atoms with Gasteiger partial charge in [0.05, 0.1) is 0 Å². The fourth-order valence-corrected chi connectivity index (χ4v) is 3.30. The molecule has 0 aromatic heterocycles. The van der Waals surface area contributed by atoms with Crippen LogP contribution in [0.15, 0.2) is 48.5 Å². The van der Waals surface area contributed by atoms with Crippen molar-refractivity contribution in [3.8, 4) is 0 Å².